The molecular weight excluding hydrogens is 148 g/mol. The van der Waals surface area contributed by atoms with E-state index < -0.39 is 5.92 Å². The summed E-state index contributed by atoms with van der Waals surface area (Å²) >= 11 is 1.12. The second kappa shape index (κ2) is 4.50. The highest BCUT2D eigenvalue weighted by Gasteiger charge is 2.17. The molecule has 1 atom stereocenters. The highest BCUT2D eigenvalue weighted by Crippen LogP contribution is 2.09. The third-order valence-electron chi connectivity index (χ3n) is 1.39. The lowest BCUT2D eigenvalue weighted by molar-refractivity contribution is -0.127. The third-order valence-corrected chi connectivity index (χ3v) is 2.14. The molecular formula is C7H12O2S. The van der Waals surface area contributed by atoms with Crippen molar-refractivity contribution in [2.45, 2.75) is 20.3 Å². The van der Waals surface area contributed by atoms with E-state index in [0.29, 0.717) is 6.42 Å². The maximum Gasteiger partial charge on any atom is 0.198 e. The summed E-state index contributed by atoms with van der Waals surface area (Å²) in [5.74, 6) is -0.389. The van der Waals surface area contributed by atoms with Crippen LogP contribution < -0.4 is 0 Å². The number of carbonyl (C=O) groups excluding carboxylic acids is 2. The number of Topliss-reactive ketones (excluding diaryl/α,β-unsaturated/α-hetero) is 1. The van der Waals surface area contributed by atoms with E-state index in [2.05, 4.69) is 0 Å². The molecule has 0 saturated heterocycles. The molecule has 0 N–H and O–H groups in total. The van der Waals surface area contributed by atoms with Gasteiger partial charge in [-0.05, 0) is 13.2 Å². The van der Waals surface area contributed by atoms with Crippen molar-refractivity contribution in [2.75, 3.05) is 6.26 Å². The Labute approximate surface area is 65.4 Å². The van der Waals surface area contributed by atoms with Crippen molar-refractivity contribution in [3.05, 3.63) is 0 Å². The molecule has 0 amide bonds. The van der Waals surface area contributed by atoms with E-state index in [1.807, 2.05) is 0 Å². The lowest BCUT2D eigenvalue weighted by atomic mass is 10.1. The van der Waals surface area contributed by atoms with E-state index in [-0.39, 0.29) is 10.9 Å². The van der Waals surface area contributed by atoms with E-state index in [0.717, 1.165) is 11.8 Å². The Hall–Kier alpha value is -0.310. The normalized spacial score (nSPS) is 12.7. The molecule has 1 unspecified atom stereocenters. The van der Waals surface area contributed by atoms with Gasteiger partial charge < -0.3 is 0 Å². The SMILES string of the molecule is CCC(=O)C(C)C(=O)SC. The van der Waals surface area contributed by atoms with E-state index in [9.17, 15) is 9.59 Å². The standard InChI is InChI=1S/C7H12O2S/c1-4-6(8)5(2)7(9)10-3/h5H,4H2,1-3H3. The molecule has 0 aromatic carbocycles. The fourth-order valence-electron chi connectivity index (χ4n) is 0.614. The summed E-state index contributed by atoms with van der Waals surface area (Å²) in [6.07, 6.45) is 2.15. The molecule has 10 heavy (non-hydrogen) atoms. The Kier molecular flexibility index (Phi) is 4.36. The minimum absolute atomic E-state index is 0.0272. The fourth-order valence-corrected chi connectivity index (χ4v) is 1.10. The second-order valence-corrected chi connectivity index (χ2v) is 2.88. The van der Waals surface area contributed by atoms with Gasteiger partial charge in [0, 0.05) is 6.42 Å². The number of carbonyl (C=O) groups is 2. The summed E-state index contributed by atoms with van der Waals surface area (Å²) in [4.78, 5) is 21.7. The first-order chi connectivity index (χ1) is 4.63. The van der Waals surface area contributed by atoms with Gasteiger partial charge in [0.15, 0.2) is 5.12 Å². The summed E-state index contributed by atoms with van der Waals surface area (Å²) < 4.78 is 0. The van der Waals surface area contributed by atoms with Crippen LogP contribution >= 0.6 is 11.8 Å². The first-order valence-corrected chi connectivity index (χ1v) is 4.46. The lowest BCUT2D eigenvalue weighted by Crippen LogP contribution is -2.16. The lowest BCUT2D eigenvalue weighted by Gasteiger charge is -2.03. The second-order valence-electron chi connectivity index (χ2n) is 2.06. The number of hydrogen-bond donors (Lipinski definition) is 0. The van der Waals surface area contributed by atoms with Gasteiger partial charge in [-0.1, -0.05) is 18.7 Å². The molecule has 0 heterocycles. The molecule has 0 rings (SSSR count). The molecule has 0 radical (unpaired) electrons. The van der Waals surface area contributed by atoms with Gasteiger partial charge in [-0.3, -0.25) is 9.59 Å². The minimum atomic E-state index is -0.417. The van der Waals surface area contributed by atoms with Crippen LogP contribution in [0.5, 0.6) is 0 Å². The Bertz CT molecular complexity index is 127. The zero-order valence-electron chi connectivity index (χ0n) is 6.51. The van der Waals surface area contributed by atoms with Crippen LogP contribution in [-0.2, 0) is 9.59 Å². The zero-order valence-corrected chi connectivity index (χ0v) is 7.33. The van der Waals surface area contributed by atoms with Crippen molar-refractivity contribution >= 4 is 22.7 Å². The molecule has 0 saturated carbocycles. The van der Waals surface area contributed by atoms with Gasteiger partial charge in [0.1, 0.15) is 5.78 Å². The summed E-state index contributed by atoms with van der Waals surface area (Å²) in [7, 11) is 0. The fraction of sp³-hybridized carbons (Fsp3) is 0.714. The van der Waals surface area contributed by atoms with Gasteiger partial charge in [0.25, 0.3) is 0 Å². The van der Waals surface area contributed by atoms with Gasteiger partial charge in [-0.25, -0.2) is 0 Å². The predicted octanol–water partition coefficient (Wildman–Crippen LogP) is 1.49. The van der Waals surface area contributed by atoms with E-state index in [1.54, 1.807) is 20.1 Å². The molecule has 3 heteroatoms. The van der Waals surface area contributed by atoms with Crippen molar-refractivity contribution in [1.29, 1.82) is 0 Å². The van der Waals surface area contributed by atoms with E-state index >= 15 is 0 Å². The monoisotopic (exact) mass is 160 g/mol. The molecule has 2 nitrogen and oxygen atoms in total. The van der Waals surface area contributed by atoms with Crippen molar-refractivity contribution < 1.29 is 9.59 Å². The average molecular weight is 160 g/mol. The van der Waals surface area contributed by atoms with Crippen LogP contribution in [0.25, 0.3) is 0 Å². The Balaban J connectivity index is 3.94. The highest BCUT2D eigenvalue weighted by atomic mass is 32.2. The molecule has 0 spiro atoms. The molecule has 0 bridgehead atoms. The first kappa shape index (κ1) is 9.69. The molecule has 0 aliphatic carbocycles. The first-order valence-electron chi connectivity index (χ1n) is 3.24. The minimum Gasteiger partial charge on any atom is -0.299 e. The summed E-state index contributed by atoms with van der Waals surface area (Å²) in [6.45, 7) is 3.43. The van der Waals surface area contributed by atoms with Crippen LogP contribution in [0.4, 0.5) is 0 Å². The number of ketones is 1. The quantitative estimate of drug-likeness (QED) is 0.587. The van der Waals surface area contributed by atoms with Crippen molar-refractivity contribution in [3.63, 3.8) is 0 Å². The third kappa shape index (κ3) is 2.52. The van der Waals surface area contributed by atoms with Gasteiger partial charge in [0.05, 0.1) is 5.92 Å². The largest absolute Gasteiger partial charge is 0.299 e. The van der Waals surface area contributed by atoms with Gasteiger partial charge in [-0.15, -0.1) is 0 Å². The molecule has 0 aliphatic rings. The highest BCUT2D eigenvalue weighted by molar-refractivity contribution is 8.13. The maximum atomic E-state index is 10.9. The van der Waals surface area contributed by atoms with Crippen LogP contribution in [0.2, 0.25) is 0 Å². The molecule has 0 aromatic heterocycles. The Morgan fingerprint density at radius 2 is 2.00 bits per heavy atom. The summed E-state index contributed by atoms with van der Waals surface area (Å²) in [6, 6.07) is 0. The number of thioether (sulfide) groups is 1. The van der Waals surface area contributed by atoms with Crippen LogP contribution in [0.3, 0.4) is 0 Å². The number of hydrogen-bond acceptors (Lipinski definition) is 3. The van der Waals surface area contributed by atoms with E-state index in [4.69, 9.17) is 0 Å². The van der Waals surface area contributed by atoms with Gasteiger partial charge in [-0.2, -0.15) is 0 Å². The van der Waals surface area contributed by atoms with Crippen LogP contribution in [0, 0.1) is 5.92 Å². The topological polar surface area (TPSA) is 34.1 Å². The Morgan fingerprint density at radius 1 is 1.50 bits per heavy atom. The van der Waals surface area contributed by atoms with Crippen LogP contribution in [0.15, 0.2) is 0 Å². The molecule has 0 aliphatic heterocycles. The smallest absolute Gasteiger partial charge is 0.198 e. The zero-order chi connectivity index (χ0) is 8.15. The van der Waals surface area contributed by atoms with Crippen LogP contribution in [-0.4, -0.2) is 17.2 Å². The molecule has 0 aromatic rings. The molecule has 58 valence electrons. The van der Waals surface area contributed by atoms with Gasteiger partial charge >= 0.3 is 0 Å². The van der Waals surface area contributed by atoms with Crippen molar-refractivity contribution in [2.24, 2.45) is 5.92 Å². The van der Waals surface area contributed by atoms with Crippen molar-refractivity contribution in [1.82, 2.24) is 0 Å². The summed E-state index contributed by atoms with van der Waals surface area (Å²) in [5.41, 5.74) is 0. The Morgan fingerprint density at radius 3 is 2.30 bits per heavy atom. The van der Waals surface area contributed by atoms with Gasteiger partial charge in [0.2, 0.25) is 0 Å². The van der Waals surface area contributed by atoms with Crippen LogP contribution in [0.1, 0.15) is 20.3 Å². The number of rotatable bonds is 3. The maximum absolute atomic E-state index is 10.9. The van der Waals surface area contributed by atoms with E-state index in [1.165, 1.54) is 0 Å². The molecule has 0 fully saturated rings. The summed E-state index contributed by atoms with van der Waals surface area (Å²) in [5, 5.41) is -0.0353. The average Bonchev–Trinajstić information content (AvgIpc) is 2.00. The van der Waals surface area contributed by atoms with Crippen molar-refractivity contribution in [3.8, 4) is 0 Å². The predicted molar refractivity (Wildman–Crippen MR) is 43.0 cm³/mol.